The van der Waals surface area contributed by atoms with E-state index in [4.69, 9.17) is 14.2 Å². The molecule has 2 aliphatic heterocycles. The van der Waals surface area contributed by atoms with Gasteiger partial charge in [-0.3, -0.25) is 4.79 Å². The molecule has 2 saturated heterocycles. The third-order valence-corrected chi connectivity index (χ3v) is 15.4. The minimum Gasteiger partial charge on any atom is -0.375 e. The molecule has 2 spiro atoms. The summed E-state index contributed by atoms with van der Waals surface area (Å²) in [5, 5.41) is 0. The SMILES string of the molecule is CCCC1CC(C)C2C(CC3C4CCC5C(C)(C)[C@@H](OC6CN(C(=O)CC7CC7)CCO6)CCC56C[C@@]46CCC32C)O1. The highest BCUT2D eigenvalue weighted by Gasteiger charge is 2.81. The Bertz CT molecular complexity index is 1070. The van der Waals surface area contributed by atoms with Crippen LogP contribution in [0.5, 0.6) is 0 Å². The summed E-state index contributed by atoms with van der Waals surface area (Å²) in [6, 6.07) is 0. The number of carbonyl (C=O) groups is 1. The molecule has 236 valence electrons. The first-order valence-corrected chi connectivity index (χ1v) is 18.3. The van der Waals surface area contributed by atoms with E-state index in [0.717, 1.165) is 49.0 Å². The van der Waals surface area contributed by atoms with E-state index in [1.165, 1.54) is 77.0 Å². The van der Waals surface area contributed by atoms with E-state index >= 15 is 0 Å². The number of rotatable bonds is 6. The van der Waals surface area contributed by atoms with E-state index in [1.807, 2.05) is 4.90 Å². The van der Waals surface area contributed by atoms with Crippen LogP contribution >= 0.6 is 0 Å². The number of amides is 1. The normalized spacial score (nSPS) is 52.4. The lowest BCUT2D eigenvalue weighted by Crippen LogP contribution is -2.56. The van der Waals surface area contributed by atoms with Crippen molar-refractivity contribution in [1.29, 1.82) is 0 Å². The molecule has 6 saturated carbocycles. The minimum absolute atomic E-state index is 0.145. The minimum atomic E-state index is -0.263. The second kappa shape index (κ2) is 9.92. The molecule has 0 aromatic heterocycles. The lowest BCUT2D eigenvalue weighted by Gasteiger charge is -2.60. The lowest BCUT2D eigenvalue weighted by atomic mass is 9.46. The topological polar surface area (TPSA) is 48.0 Å². The highest BCUT2D eigenvalue weighted by molar-refractivity contribution is 5.76. The predicted octanol–water partition coefficient (Wildman–Crippen LogP) is 7.61. The molecule has 6 aliphatic carbocycles. The van der Waals surface area contributed by atoms with Gasteiger partial charge in [0.15, 0.2) is 6.29 Å². The number of ether oxygens (including phenoxy) is 3. The van der Waals surface area contributed by atoms with Crippen LogP contribution in [-0.4, -0.2) is 55.1 Å². The van der Waals surface area contributed by atoms with Crippen molar-refractivity contribution in [2.45, 2.75) is 149 Å². The summed E-state index contributed by atoms with van der Waals surface area (Å²) in [4.78, 5) is 14.9. The monoisotopic (exact) mass is 581 g/mol. The van der Waals surface area contributed by atoms with E-state index in [1.54, 1.807) is 0 Å². The molecule has 5 heteroatoms. The number of carbonyl (C=O) groups excluding carboxylic acids is 1. The first kappa shape index (κ1) is 28.8. The van der Waals surface area contributed by atoms with Gasteiger partial charge in [0.05, 0.1) is 31.5 Å². The van der Waals surface area contributed by atoms with Crippen molar-refractivity contribution in [3.05, 3.63) is 0 Å². The van der Waals surface area contributed by atoms with Crippen LogP contribution in [0.25, 0.3) is 0 Å². The van der Waals surface area contributed by atoms with Crippen molar-refractivity contribution < 1.29 is 19.0 Å². The Morgan fingerprint density at radius 1 is 0.976 bits per heavy atom. The number of morpholine rings is 1. The Morgan fingerprint density at radius 3 is 2.60 bits per heavy atom. The van der Waals surface area contributed by atoms with Crippen LogP contribution in [-0.2, 0) is 19.0 Å². The summed E-state index contributed by atoms with van der Waals surface area (Å²) in [6.45, 7) is 14.6. The van der Waals surface area contributed by atoms with Crippen molar-refractivity contribution in [2.24, 2.45) is 57.2 Å². The highest BCUT2D eigenvalue weighted by Crippen LogP contribution is 2.87. The second-order valence-corrected chi connectivity index (χ2v) is 17.7. The summed E-state index contributed by atoms with van der Waals surface area (Å²) in [7, 11) is 0. The van der Waals surface area contributed by atoms with E-state index in [9.17, 15) is 4.79 Å². The molecule has 8 aliphatic rings. The summed E-state index contributed by atoms with van der Waals surface area (Å²) >= 11 is 0. The molecule has 0 aromatic rings. The van der Waals surface area contributed by atoms with Crippen LogP contribution in [0.2, 0.25) is 0 Å². The molecule has 42 heavy (non-hydrogen) atoms. The van der Waals surface area contributed by atoms with Gasteiger partial charge in [-0.05, 0) is 134 Å². The van der Waals surface area contributed by atoms with E-state index in [-0.39, 0.29) is 17.8 Å². The third-order valence-electron chi connectivity index (χ3n) is 15.4. The van der Waals surface area contributed by atoms with Crippen LogP contribution in [0.1, 0.15) is 125 Å². The largest absolute Gasteiger partial charge is 0.375 e. The molecule has 8 rings (SSSR count). The number of hydrogen-bond acceptors (Lipinski definition) is 4. The summed E-state index contributed by atoms with van der Waals surface area (Å²) in [5.74, 6) is 5.03. The highest BCUT2D eigenvalue weighted by atomic mass is 16.7. The van der Waals surface area contributed by atoms with Gasteiger partial charge in [0, 0.05) is 13.0 Å². The van der Waals surface area contributed by atoms with Gasteiger partial charge in [-0.1, -0.05) is 41.0 Å². The molecule has 0 radical (unpaired) electrons. The van der Waals surface area contributed by atoms with Crippen molar-refractivity contribution in [2.75, 3.05) is 19.7 Å². The zero-order valence-corrected chi connectivity index (χ0v) is 27.4. The summed E-state index contributed by atoms with van der Waals surface area (Å²) < 4.78 is 19.9. The van der Waals surface area contributed by atoms with Crippen molar-refractivity contribution >= 4 is 5.91 Å². The summed E-state index contributed by atoms with van der Waals surface area (Å²) in [5.41, 5.74) is 1.73. The first-order chi connectivity index (χ1) is 20.1. The average molecular weight is 582 g/mol. The van der Waals surface area contributed by atoms with Crippen LogP contribution in [0.3, 0.4) is 0 Å². The van der Waals surface area contributed by atoms with E-state index in [0.29, 0.717) is 53.4 Å². The van der Waals surface area contributed by atoms with Crippen LogP contribution in [0, 0.1) is 57.2 Å². The number of fused-ring (bicyclic) bond motifs is 4. The Balaban J connectivity index is 0.967. The molecular weight excluding hydrogens is 522 g/mol. The molecule has 0 N–H and O–H groups in total. The first-order valence-electron chi connectivity index (χ1n) is 18.3. The van der Waals surface area contributed by atoms with Gasteiger partial charge in [-0.25, -0.2) is 0 Å². The zero-order valence-electron chi connectivity index (χ0n) is 27.4. The van der Waals surface area contributed by atoms with Crippen molar-refractivity contribution in [3.63, 3.8) is 0 Å². The Morgan fingerprint density at radius 2 is 1.81 bits per heavy atom. The second-order valence-electron chi connectivity index (χ2n) is 17.7. The maximum Gasteiger partial charge on any atom is 0.223 e. The van der Waals surface area contributed by atoms with Gasteiger partial charge in [0.25, 0.3) is 0 Å². The number of nitrogens with zero attached hydrogens (tertiary/aromatic N) is 1. The molecular formula is C37H59NO4. The van der Waals surface area contributed by atoms with Gasteiger partial charge >= 0.3 is 0 Å². The average Bonchev–Trinajstić information content (AvgIpc) is 3.85. The lowest BCUT2D eigenvalue weighted by molar-refractivity contribution is -0.244. The van der Waals surface area contributed by atoms with Crippen LogP contribution in [0.4, 0.5) is 0 Å². The smallest absolute Gasteiger partial charge is 0.223 e. The van der Waals surface area contributed by atoms with Crippen molar-refractivity contribution in [1.82, 2.24) is 4.90 Å². The Kier molecular flexibility index (Phi) is 6.80. The van der Waals surface area contributed by atoms with Gasteiger partial charge < -0.3 is 19.1 Å². The van der Waals surface area contributed by atoms with Gasteiger partial charge in [-0.15, -0.1) is 0 Å². The van der Waals surface area contributed by atoms with Crippen molar-refractivity contribution in [3.8, 4) is 0 Å². The molecule has 12 atom stereocenters. The maximum atomic E-state index is 12.8. The predicted molar refractivity (Wildman–Crippen MR) is 164 cm³/mol. The van der Waals surface area contributed by atoms with Gasteiger partial charge in [0.1, 0.15) is 0 Å². The van der Waals surface area contributed by atoms with Crippen LogP contribution in [0.15, 0.2) is 0 Å². The maximum absolute atomic E-state index is 12.8. The molecule has 0 aromatic carbocycles. The van der Waals surface area contributed by atoms with E-state index < -0.39 is 0 Å². The zero-order chi connectivity index (χ0) is 29.1. The molecule has 5 nitrogen and oxygen atoms in total. The van der Waals surface area contributed by atoms with Gasteiger partial charge in [0.2, 0.25) is 5.91 Å². The molecule has 2 heterocycles. The number of hydrogen-bond donors (Lipinski definition) is 0. The molecule has 10 unspecified atom stereocenters. The molecule has 0 bridgehead atoms. The summed E-state index contributed by atoms with van der Waals surface area (Å²) in [6.07, 6.45) is 18.9. The molecule has 8 fully saturated rings. The standard InChI is InChI=1S/C37H59NO4/c1-6-7-25-18-23(2)33-28(41-25)20-27-26-10-11-29-34(3,4)30(12-13-37(29)22-36(26,37)15-14-35(27,33)5)42-32-21-38(16-17-40-32)31(39)19-24-8-9-24/h23-30,32-33H,6-22H2,1-5H3/t23?,25?,26?,27?,28?,29?,30-,32?,33?,35?,36-,37?/m0/s1. The van der Waals surface area contributed by atoms with Crippen LogP contribution < -0.4 is 0 Å². The fraction of sp³-hybridized carbons (Fsp3) is 0.973. The molecule has 1 amide bonds. The quantitative estimate of drug-likeness (QED) is 0.324. The third kappa shape index (κ3) is 4.13. The Labute approximate surface area is 255 Å². The fourth-order valence-corrected chi connectivity index (χ4v) is 13.5. The van der Waals surface area contributed by atoms with E-state index in [2.05, 4.69) is 34.6 Å². The Hall–Kier alpha value is -0.650. The fourth-order valence-electron chi connectivity index (χ4n) is 13.5. The van der Waals surface area contributed by atoms with Gasteiger partial charge in [-0.2, -0.15) is 0 Å².